The average Bonchev–Trinajstić information content (AvgIpc) is 2.90. The number of rotatable bonds is 5. The molecule has 1 unspecified atom stereocenters. The molecule has 4 nitrogen and oxygen atoms in total. The Hall–Kier alpha value is -1.94. The molecule has 2 rings (SSSR count). The summed E-state index contributed by atoms with van der Waals surface area (Å²) in [7, 11) is 3.16. The van der Waals surface area contributed by atoms with Crippen LogP contribution in [-0.2, 0) is 6.42 Å². The lowest BCUT2D eigenvalue weighted by atomic mass is 10.0. The summed E-state index contributed by atoms with van der Waals surface area (Å²) in [6.07, 6.45) is 3.13. The van der Waals surface area contributed by atoms with Crippen molar-refractivity contribution in [1.29, 1.82) is 0 Å². The molecule has 1 atom stereocenters. The summed E-state index contributed by atoms with van der Waals surface area (Å²) in [5.74, 6) is 1.26. The molecule has 1 aromatic heterocycles. The molecule has 0 radical (unpaired) electrons. The summed E-state index contributed by atoms with van der Waals surface area (Å²) in [6.45, 7) is 0. The van der Waals surface area contributed by atoms with Crippen LogP contribution < -0.4 is 9.47 Å². The number of furan rings is 1. The molecule has 4 heteroatoms. The van der Waals surface area contributed by atoms with Crippen molar-refractivity contribution in [3.05, 3.63) is 47.9 Å². The zero-order chi connectivity index (χ0) is 13.0. The van der Waals surface area contributed by atoms with Gasteiger partial charge in [0.05, 0.1) is 32.8 Å². The van der Waals surface area contributed by atoms with E-state index >= 15 is 0 Å². The second-order valence-corrected chi connectivity index (χ2v) is 3.97. The minimum absolute atomic E-state index is 0.506. The fourth-order valence-electron chi connectivity index (χ4n) is 1.81. The van der Waals surface area contributed by atoms with E-state index in [0.717, 1.165) is 11.1 Å². The highest BCUT2D eigenvalue weighted by atomic mass is 16.5. The highest BCUT2D eigenvalue weighted by molar-refractivity contribution is 5.43. The quantitative estimate of drug-likeness (QED) is 0.883. The van der Waals surface area contributed by atoms with Gasteiger partial charge in [-0.3, -0.25) is 0 Å². The van der Waals surface area contributed by atoms with Crippen molar-refractivity contribution >= 4 is 0 Å². The second-order valence-electron chi connectivity index (χ2n) is 3.97. The van der Waals surface area contributed by atoms with Crippen LogP contribution in [0.5, 0.6) is 11.5 Å². The third-order valence-corrected chi connectivity index (χ3v) is 2.80. The number of ether oxygens (including phenoxy) is 2. The lowest BCUT2D eigenvalue weighted by molar-refractivity contribution is 0.177. The van der Waals surface area contributed by atoms with Gasteiger partial charge in [0.1, 0.15) is 0 Å². The van der Waals surface area contributed by atoms with Gasteiger partial charge in [0, 0.05) is 6.42 Å². The van der Waals surface area contributed by atoms with Crippen LogP contribution in [0.2, 0.25) is 0 Å². The minimum atomic E-state index is -0.595. The zero-order valence-electron chi connectivity index (χ0n) is 10.4. The van der Waals surface area contributed by atoms with Crippen molar-refractivity contribution < 1.29 is 19.0 Å². The van der Waals surface area contributed by atoms with Crippen molar-refractivity contribution in [2.24, 2.45) is 0 Å². The molecule has 0 saturated heterocycles. The molecule has 0 aliphatic carbocycles. The van der Waals surface area contributed by atoms with Crippen LogP contribution in [0.1, 0.15) is 17.2 Å². The summed E-state index contributed by atoms with van der Waals surface area (Å²) in [4.78, 5) is 0. The first-order valence-electron chi connectivity index (χ1n) is 5.65. The maximum Gasteiger partial charge on any atom is 0.161 e. The van der Waals surface area contributed by atoms with E-state index in [1.807, 2.05) is 12.1 Å². The first kappa shape index (κ1) is 12.5. The van der Waals surface area contributed by atoms with E-state index in [4.69, 9.17) is 13.9 Å². The van der Waals surface area contributed by atoms with Crippen LogP contribution in [0.15, 0.2) is 41.2 Å². The first-order valence-corrected chi connectivity index (χ1v) is 5.65. The standard InChI is InChI=1S/C14H16O4/c1-16-13-4-3-11(8-14(13)17-2)12(15)7-10-5-6-18-9-10/h3-6,8-9,12,15H,7H2,1-2H3. The number of hydrogen-bond donors (Lipinski definition) is 1. The van der Waals surface area contributed by atoms with Gasteiger partial charge in [-0.15, -0.1) is 0 Å². The Bertz CT molecular complexity index is 491. The van der Waals surface area contributed by atoms with E-state index in [0.29, 0.717) is 17.9 Å². The Morgan fingerprint density at radius 1 is 1.17 bits per heavy atom. The van der Waals surface area contributed by atoms with Crippen LogP contribution in [0.4, 0.5) is 0 Å². The maximum atomic E-state index is 10.1. The Balaban J connectivity index is 2.17. The fourth-order valence-corrected chi connectivity index (χ4v) is 1.81. The van der Waals surface area contributed by atoms with Crippen molar-refractivity contribution in [2.45, 2.75) is 12.5 Å². The van der Waals surface area contributed by atoms with Crippen molar-refractivity contribution in [3.8, 4) is 11.5 Å². The van der Waals surface area contributed by atoms with Crippen LogP contribution in [-0.4, -0.2) is 19.3 Å². The summed E-state index contributed by atoms with van der Waals surface area (Å²) in [6, 6.07) is 7.23. The van der Waals surface area contributed by atoms with E-state index in [1.54, 1.807) is 38.9 Å². The molecular weight excluding hydrogens is 232 g/mol. The van der Waals surface area contributed by atoms with Crippen molar-refractivity contribution in [3.63, 3.8) is 0 Å². The van der Waals surface area contributed by atoms with Gasteiger partial charge in [0.2, 0.25) is 0 Å². The average molecular weight is 248 g/mol. The van der Waals surface area contributed by atoms with Crippen LogP contribution in [0, 0.1) is 0 Å². The monoisotopic (exact) mass is 248 g/mol. The molecule has 2 aromatic rings. The summed E-state index contributed by atoms with van der Waals surface area (Å²) < 4.78 is 15.3. The molecule has 0 aliphatic rings. The normalized spacial score (nSPS) is 12.2. The van der Waals surface area contributed by atoms with Gasteiger partial charge >= 0.3 is 0 Å². The molecular formula is C14H16O4. The molecule has 18 heavy (non-hydrogen) atoms. The highest BCUT2D eigenvalue weighted by Gasteiger charge is 2.12. The van der Waals surface area contributed by atoms with Gasteiger partial charge in [-0.2, -0.15) is 0 Å². The predicted molar refractivity (Wildman–Crippen MR) is 66.9 cm³/mol. The third kappa shape index (κ3) is 2.65. The molecule has 0 aliphatic heterocycles. The predicted octanol–water partition coefficient (Wildman–Crippen LogP) is 2.57. The number of benzene rings is 1. The second kappa shape index (κ2) is 5.60. The fraction of sp³-hybridized carbons (Fsp3) is 0.286. The SMILES string of the molecule is COc1ccc(C(O)Cc2ccoc2)cc1OC. The van der Waals surface area contributed by atoms with Crippen LogP contribution in [0.3, 0.4) is 0 Å². The summed E-state index contributed by atoms with van der Waals surface area (Å²) >= 11 is 0. The van der Waals surface area contributed by atoms with Crippen LogP contribution >= 0.6 is 0 Å². The van der Waals surface area contributed by atoms with Gasteiger partial charge in [-0.05, 0) is 29.3 Å². The zero-order valence-corrected chi connectivity index (χ0v) is 10.4. The topological polar surface area (TPSA) is 51.8 Å². The lowest BCUT2D eigenvalue weighted by Crippen LogP contribution is -2.02. The number of methoxy groups -OCH3 is 2. The van der Waals surface area contributed by atoms with Gasteiger partial charge in [0.15, 0.2) is 11.5 Å². The molecule has 0 bridgehead atoms. The van der Waals surface area contributed by atoms with E-state index < -0.39 is 6.10 Å². The van der Waals surface area contributed by atoms with E-state index in [9.17, 15) is 5.11 Å². The first-order chi connectivity index (χ1) is 8.74. The number of aliphatic hydroxyl groups excluding tert-OH is 1. The number of hydrogen-bond acceptors (Lipinski definition) is 4. The molecule has 0 spiro atoms. The van der Waals surface area contributed by atoms with Crippen molar-refractivity contribution in [1.82, 2.24) is 0 Å². The van der Waals surface area contributed by atoms with Crippen molar-refractivity contribution in [2.75, 3.05) is 14.2 Å². The van der Waals surface area contributed by atoms with E-state index in [2.05, 4.69) is 0 Å². The molecule has 0 fully saturated rings. The van der Waals surface area contributed by atoms with E-state index in [-0.39, 0.29) is 0 Å². The minimum Gasteiger partial charge on any atom is -0.493 e. The number of aliphatic hydroxyl groups is 1. The Morgan fingerprint density at radius 3 is 2.56 bits per heavy atom. The molecule has 1 heterocycles. The molecule has 96 valence electrons. The molecule has 0 amide bonds. The lowest BCUT2D eigenvalue weighted by Gasteiger charge is -2.13. The molecule has 1 N–H and O–H groups in total. The van der Waals surface area contributed by atoms with Gasteiger partial charge in [0.25, 0.3) is 0 Å². The highest BCUT2D eigenvalue weighted by Crippen LogP contribution is 2.30. The smallest absolute Gasteiger partial charge is 0.161 e. The maximum absolute atomic E-state index is 10.1. The molecule has 1 aromatic carbocycles. The van der Waals surface area contributed by atoms with Gasteiger partial charge < -0.3 is 19.0 Å². The van der Waals surface area contributed by atoms with Gasteiger partial charge in [-0.1, -0.05) is 6.07 Å². The van der Waals surface area contributed by atoms with Gasteiger partial charge in [-0.25, -0.2) is 0 Å². The Kier molecular flexibility index (Phi) is 3.89. The Labute approximate surface area is 106 Å². The van der Waals surface area contributed by atoms with E-state index in [1.165, 1.54) is 0 Å². The third-order valence-electron chi connectivity index (χ3n) is 2.80. The summed E-state index contributed by atoms with van der Waals surface area (Å²) in [5.41, 5.74) is 1.74. The largest absolute Gasteiger partial charge is 0.493 e. The van der Waals surface area contributed by atoms with Crippen LogP contribution in [0.25, 0.3) is 0 Å². The molecule has 0 saturated carbocycles. The Morgan fingerprint density at radius 2 is 1.94 bits per heavy atom. The summed E-state index contributed by atoms with van der Waals surface area (Å²) in [5, 5.41) is 10.1.